The lowest BCUT2D eigenvalue weighted by Crippen LogP contribution is -2.29. The highest BCUT2D eigenvalue weighted by atomic mass is 16.1. The van der Waals surface area contributed by atoms with E-state index in [0.29, 0.717) is 24.5 Å². The number of benzene rings is 2. The van der Waals surface area contributed by atoms with Gasteiger partial charge in [0.1, 0.15) is 17.5 Å². The minimum Gasteiger partial charge on any atom is -0.370 e. The molecule has 6 heteroatoms. The van der Waals surface area contributed by atoms with Crippen molar-refractivity contribution in [3.8, 4) is 0 Å². The Morgan fingerprint density at radius 3 is 2.50 bits per heavy atom. The summed E-state index contributed by atoms with van der Waals surface area (Å²) in [6.45, 7) is 5.76. The van der Waals surface area contributed by atoms with Crippen molar-refractivity contribution in [1.82, 2.24) is 15.3 Å². The molecule has 0 aliphatic rings. The molecule has 0 saturated heterocycles. The predicted molar refractivity (Wildman–Crippen MR) is 106 cm³/mol. The normalized spacial score (nSPS) is 10.5. The molecular formula is C20H23N5O. The van der Waals surface area contributed by atoms with E-state index in [4.69, 9.17) is 0 Å². The van der Waals surface area contributed by atoms with Crippen LogP contribution in [0.1, 0.15) is 23.1 Å². The van der Waals surface area contributed by atoms with Crippen LogP contribution >= 0.6 is 0 Å². The second kappa shape index (κ2) is 8.29. The predicted octanol–water partition coefficient (Wildman–Crippen LogP) is 3.21. The van der Waals surface area contributed by atoms with Crippen LogP contribution in [0.4, 0.5) is 11.6 Å². The van der Waals surface area contributed by atoms with Crippen molar-refractivity contribution < 1.29 is 4.79 Å². The molecule has 134 valence electrons. The van der Waals surface area contributed by atoms with Gasteiger partial charge < -0.3 is 16.0 Å². The average molecular weight is 349 g/mol. The van der Waals surface area contributed by atoms with Crippen molar-refractivity contribution in [2.45, 2.75) is 13.8 Å². The number of nitrogens with one attached hydrogen (secondary N) is 3. The standard InChI is InChI=1S/C20H23N5O/c1-3-21-18-13-19(25-14(2)24-18)22-11-12-23-20(26)17-10-6-8-15-7-4-5-9-16(15)17/h4-10,13H,3,11-12H2,1-2H3,(H,23,26)(H2,21,22,24,25). The summed E-state index contributed by atoms with van der Waals surface area (Å²) in [6.07, 6.45) is 0. The van der Waals surface area contributed by atoms with E-state index in [1.165, 1.54) is 0 Å². The Morgan fingerprint density at radius 1 is 0.962 bits per heavy atom. The van der Waals surface area contributed by atoms with E-state index in [1.807, 2.05) is 62.4 Å². The molecule has 2 aromatic carbocycles. The molecule has 0 saturated carbocycles. The first-order valence-electron chi connectivity index (χ1n) is 8.77. The Hall–Kier alpha value is -3.15. The van der Waals surface area contributed by atoms with Crippen LogP contribution in [0.15, 0.2) is 48.5 Å². The highest BCUT2D eigenvalue weighted by molar-refractivity contribution is 6.06. The maximum Gasteiger partial charge on any atom is 0.251 e. The van der Waals surface area contributed by atoms with E-state index in [1.54, 1.807) is 0 Å². The number of hydrogen-bond donors (Lipinski definition) is 3. The molecule has 0 fully saturated rings. The van der Waals surface area contributed by atoms with Gasteiger partial charge in [-0.15, -0.1) is 0 Å². The average Bonchev–Trinajstić information content (AvgIpc) is 2.64. The largest absolute Gasteiger partial charge is 0.370 e. The van der Waals surface area contributed by atoms with Gasteiger partial charge >= 0.3 is 0 Å². The van der Waals surface area contributed by atoms with Crippen molar-refractivity contribution in [1.29, 1.82) is 0 Å². The molecule has 0 atom stereocenters. The lowest BCUT2D eigenvalue weighted by Gasteiger charge is -2.11. The summed E-state index contributed by atoms with van der Waals surface area (Å²) in [5.74, 6) is 2.16. The van der Waals surface area contributed by atoms with Gasteiger partial charge in [0.25, 0.3) is 5.91 Å². The van der Waals surface area contributed by atoms with E-state index in [-0.39, 0.29) is 5.91 Å². The van der Waals surface area contributed by atoms with Crippen LogP contribution in [-0.2, 0) is 0 Å². The van der Waals surface area contributed by atoms with Crippen LogP contribution in [0.2, 0.25) is 0 Å². The number of carbonyl (C=O) groups excluding carboxylic acids is 1. The number of aromatic nitrogens is 2. The SMILES string of the molecule is CCNc1cc(NCCNC(=O)c2cccc3ccccc23)nc(C)n1. The topological polar surface area (TPSA) is 78.9 Å². The zero-order valence-corrected chi connectivity index (χ0v) is 15.0. The first-order valence-corrected chi connectivity index (χ1v) is 8.77. The lowest BCUT2D eigenvalue weighted by atomic mass is 10.0. The van der Waals surface area contributed by atoms with Crippen LogP contribution < -0.4 is 16.0 Å². The van der Waals surface area contributed by atoms with Crippen LogP contribution in [0.3, 0.4) is 0 Å². The maximum atomic E-state index is 12.5. The highest BCUT2D eigenvalue weighted by Crippen LogP contribution is 2.18. The Bertz CT molecular complexity index is 904. The lowest BCUT2D eigenvalue weighted by molar-refractivity contribution is 0.0957. The molecule has 0 aliphatic heterocycles. The highest BCUT2D eigenvalue weighted by Gasteiger charge is 2.09. The van der Waals surface area contributed by atoms with Gasteiger partial charge in [0.05, 0.1) is 0 Å². The molecule has 0 spiro atoms. The van der Waals surface area contributed by atoms with Crippen LogP contribution in [0.25, 0.3) is 10.8 Å². The Kier molecular flexibility index (Phi) is 5.63. The van der Waals surface area contributed by atoms with E-state index in [9.17, 15) is 4.79 Å². The van der Waals surface area contributed by atoms with Gasteiger partial charge in [0, 0.05) is 31.3 Å². The third kappa shape index (κ3) is 4.27. The molecule has 26 heavy (non-hydrogen) atoms. The summed E-state index contributed by atoms with van der Waals surface area (Å²) in [5, 5.41) is 11.4. The number of anilines is 2. The summed E-state index contributed by atoms with van der Waals surface area (Å²) >= 11 is 0. The molecule has 0 aliphatic carbocycles. The Labute approximate surface area is 153 Å². The van der Waals surface area contributed by atoms with Crippen molar-refractivity contribution in [2.75, 3.05) is 30.3 Å². The number of fused-ring (bicyclic) bond motifs is 1. The summed E-state index contributed by atoms with van der Waals surface area (Å²) in [6, 6.07) is 15.5. The third-order valence-corrected chi connectivity index (χ3v) is 3.95. The van der Waals surface area contributed by atoms with Crippen molar-refractivity contribution >= 4 is 28.3 Å². The maximum absolute atomic E-state index is 12.5. The molecule has 3 rings (SSSR count). The monoisotopic (exact) mass is 349 g/mol. The number of nitrogens with zero attached hydrogens (tertiary/aromatic N) is 2. The smallest absolute Gasteiger partial charge is 0.251 e. The quantitative estimate of drug-likeness (QED) is 0.571. The zero-order valence-electron chi connectivity index (χ0n) is 15.0. The number of amides is 1. The molecule has 1 amide bonds. The number of rotatable bonds is 7. The van der Waals surface area contributed by atoms with Gasteiger partial charge in [-0.25, -0.2) is 9.97 Å². The van der Waals surface area contributed by atoms with Gasteiger partial charge in [-0.2, -0.15) is 0 Å². The fourth-order valence-corrected chi connectivity index (χ4v) is 2.82. The molecule has 0 radical (unpaired) electrons. The second-order valence-electron chi connectivity index (χ2n) is 5.93. The molecule has 3 aromatic rings. The Morgan fingerprint density at radius 2 is 1.69 bits per heavy atom. The zero-order chi connectivity index (χ0) is 18.4. The van der Waals surface area contributed by atoms with E-state index in [2.05, 4.69) is 25.9 Å². The summed E-state index contributed by atoms with van der Waals surface area (Å²) < 4.78 is 0. The molecule has 3 N–H and O–H groups in total. The van der Waals surface area contributed by atoms with E-state index < -0.39 is 0 Å². The molecule has 0 bridgehead atoms. The molecule has 1 heterocycles. The first kappa shape index (κ1) is 17.7. The van der Waals surface area contributed by atoms with Crippen molar-refractivity contribution in [3.05, 3.63) is 59.9 Å². The van der Waals surface area contributed by atoms with Crippen LogP contribution in [-0.4, -0.2) is 35.5 Å². The van der Waals surface area contributed by atoms with Crippen molar-refractivity contribution in [2.24, 2.45) is 0 Å². The van der Waals surface area contributed by atoms with Gasteiger partial charge in [-0.1, -0.05) is 36.4 Å². The summed E-state index contributed by atoms with van der Waals surface area (Å²) in [7, 11) is 0. The van der Waals surface area contributed by atoms with Crippen LogP contribution in [0, 0.1) is 6.92 Å². The molecule has 1 aromatic heterocycles. The molecule has 0 unspecified atom stereocenters. The van der Waals surface area contributed by atoms with Crippen molar-refractivity contribution in [3.63, 3.8) is 0 Å². The van der Waals surface area contributed by atoms with Gasteiger partial charge in [0.15, 0.2) is 0 Å². The molecule has 6 nitrogen and oxygen atoms in total. The van der Waals surface area contributed by atoms with Gasteiger partial charge in [0.2, 0.25) is 0 Å². The number of carbonyl (C=O) groups is 1. The fourth-order valence-electron chi connectivity index (χ4n) is 2.82. The second-order valence-corrected chi connectivity index (χ2v) is 5.93. The Balaban J connectivity index is 1.57. The minimum absolute atomic E-state index is 0.0733. The van der Waals surface area contributed by atoms with E-state index in [0.717, 1.165) is 29.0 Å². The third-order valence-electron chi connectivity index (χ3n) is 3.95. The first-order chi connectivity index (χ1) is 12.7. The van der Waals surface area contributed by atoms with Gasteiger partial charge in [-0.3, -0.25) is 4.79 Å². The fraction of sp³-hybridized carbons (Fsp3) is 0.250. The minimum atomic E-state index is -0.0733. The molecular weight excluding hydrogens is 326 g/mol. The number of aryl methyl sites for hydroxylation is 1. The van der Waals surface area contributed by atoms with E-state index >= 15 is 0 Å². The van der Waals surface area contributed by atoms with Gasteiger partial charge in [-0.05, 0) is 30.7 Å². The summed E-state index contributed by atoms with van der Waals surface area (Å²) in [5.41, 5.74) is 0.690. The van der Waals surface area contributed by atoms with Crippen LogP contribution in [0.5, 0.6) is 0 Å². The number of hydrogen-bond acceptors (Lipinski definition) is 5. The summed E-state index contributed by atoms with van der Waals surface area (Å²) in [4.78, 5) is 21.2.